The van der Waals surface area contributed by atoms with Gasteiger partial charge in [0, 0.05) is 11.6 Å². The van der Waals surface area contributed by atoms with Crippen LogP contribution < -0.4 is 0 Å². The predicted octanol–water partition coefficient (Wildman–Crippen LogP) is 5.79. The standard InChI is InChI=1S/C19H31N/c1-14(2)16(5)10-9-13-18(15(3)4)19(20)17-11-7-6-8-12-17/h6-8,11-12,14-16,18,20H,9-10,13H2,1-5H3. The fourth-order valence-corrected chi connectivity index (χ4v) is 2.64. The molecule has 0 aliphatic heterocycles. The van der Waals surface area contributed by atoms with Crippen LogP contribution in [0, 0.1) is 29.1 Å². The Morgan fingerprint density at radius 3 is 2.00 bits per heavy atom. The highest BCUT2D eigenvalue weighted by Gasteiger charge is 2.20. The Balaban J connectivity index is 2.59. The van der Waals surface area contributed by atoms with Gasteiger partial charge in [0.25, 0.3) is 0 Å². The summed E-state index contributed by atoms with van der Waals surface area (Å²) in [7, 11) is 0. The largest absolute Gasteiger partial charge is 0.304 e. The summed E-state index contributed by atoms with van der Waals surface area (Å²) in [4.78, 5) is 0. The van der Waals surface area contributed by atoms with E-state index in [1.54, 1.807) is 0 Å². The van der Waals surface area contributed by atoms with E-state index < -0.39 is 0 Å². The Morgan fingerprint density at radius 2 is 1.50 bits per heavy atom. The van der Waals surface area contributed by atoms with Crippen LogP contribution >= 0.6 is 0 Å². The van der Waals surface area contributed by atoms with Gasteiger partial charge >= 0.3 is 0 Å². The van der Waals surface area contributed by atoms with Crippen LogP contribution in [0.4, 0.5) is 0 Å². The fraction of sp³-hybridized carbons (Fsp3) is 0.632. The van der Waals surface area contributed by atoms with Crippen molar-refractivity contribution in [1.82, 2.24) is 0 Å². The van der Waals surface area contributed by atoms with Gasteiger partial charge in [-0.3, -0.25) is 0 Å². The van der Waals surface area contributed by atoms with Crippen LogP contribution in [-0.4, -0.2) is 5.71 Å². The van der Waals surface area contributed by atoms with Gasteiger partial charge in [0.1, 0.15) is 0 Å². The van der Waals surface area contributed by atoms with Crippen molar-refractivity contribution in [2.45, 2.75) is 53.9 Å². The Hall–Kier alpha value is -1.11. The minimum atomic E-state index is 0.386. The molecular weight excluding hydrogens is 242 g/mol. The van der Waals surface area contributed by atoms with Crippen molar-refractivity contribution in [2.75, 3.05) is 0 Å². The van der Waals surface area contributed by atoms with E-state index in [2.05, 4.69) is 46.8 Å². The van der Waals surface area contributed by atoms with Crippen LogP contribution in [0.15, 0.2) is 30.3 Å². The molecule has 1 rings (SSSR count). The lowest BCUT2D eigenvalue weighted by atomic mass is 9.82. The third-order valence-electron chi connectivity index (χ3n) is 4.57. The van der Waals surface area contributed by atoms with Crippen molar-refractivity contribution in [1.29, 1.82) is 5.41 Å². The van der Waals surface area contributed by atoms with Gasteiger partial charge in [0.15, 0.2) is 0 Å². The average Bonchev–Trinajstić information content (AvgIpc) is 2.43. The highest BCUT2D eigenvalue weighted by atomic mass is 14.5. The van der Waals surface area contributed by atoms with Crippen molar-refractivity contribution >= 4 is 5.71 Å². The second-order valence-corrected chi connectivity index (χ2v) is 6.78. The van der Waals surface area contributed by atoms with Crippen LogP contribution in [0.2, 0.25) is 0 Å². The summed E-state index contributed by atoms with van der Waals surface area (Å²) in [5, 5.41) is 8.49. The van der Waals surface area contributed by atoms with Crippen molar-refractivity contribution < 1.29 is 0 Å². The average molecular weight is 273 g/mol. The highest BCUT2D eigenvalue weighted by Crippen LogP contribution is 2.25. The molecule has 1 aromatic rings. The zero-order chi connectivity index (χ0) is 15.1. The minimum Gasteiger partial charge on any atom is -0.304 e. The molecule has 0 amide bonds. The van der Waals surface area contributed by atoms with Gasteiger partial charge in [-0.05, 0) is 29.7 Å². The Bertz CT molecular complexity index is 391. The maximum atomic E-state index is 8.49. The molecule has 0 saturated heterocycles. The Labute approximate surface area is 125 Å². The third kappa shape index (κ3) is 5.11. The zero-order valence-electron chi connectivity index (χ0n) is 13.8. The molecule has 1 N–H and O–H groups in total. The molecule has 0 saturated carbocycles. The lowest BCUT2D eigenvalue weighted by Gasteiger charge is -2.23. The Morgan fingerprint density at radius 1 is 0.900 bits per heavy atom. The summed E-state index contributed by atoms with van der Waals surface area (Å²) < 4.78 is 0. The summed E-state index contributed by atoms with van der Waals surface area (Å²) in [5.74, 6) is 2.48. The van der Waals surface area contributed by atoms with E-state index in [1.165, 1.54) is 12.8 Å². The summed E-state index contributed by atoms with van der Waals surface area (Å²) in [6.45, 7) is 11.4. The van der Waals surface area contributed by atoms with E-state index in [0.29, 0.717) is 11.8 Å². The number of benzene rings is 1. The van der Waals surface area contributed by atoms with Crippen molar-refractivity contribution in [3.8, 4) is 0 Å². The monoisotopic (exact) mass is 273 g/mol. The molecule has 0 heterocycles. The number of rotatable bonds is 8. The topological polar surface area (TPSA) is 23.9 Å². The summed E-state index contributed by atoms with van der Waals surface area (Å²) in [6.07, 6.45) is 3.66. The fourth-order valence-electron chi connectivity index (χ4n) is 2.64. The van der Waals surface area contributed by atoms with Crippen molar-refractivity contribution in [2.24, 2.45) is 23.7 Å². The van der Waals surface area contributed by atoms with Gasteiger partial charge < -0.3 is 5.41 Å². The first-order valence-electron chi connectivity index (χ1n) is 8.07. The lowest BCUT2D eigenvalue weighted by Crippen LogP contribution is -2.21. The second kappa shape index (κ2) is 8.24. The molecule has 112 valence electrons. The van der Waals surface area contributed by atoms with Crippen LogP contribution in [0.3, 0.4) is 0 Å². The van der Waals surface area contributed by atoms with E-state index in [-0.39, 0.29) is 0 Å². The number of hydrogen-bond donors (Lipinski definition) is 1. The van der Waals surface area contributed by atoms with Gasteiger partial charge in [-0.1, -0.05) is 77.8 Å². The molecule has 2 atom stereocenters. The molecule has 20 heavy (non-hydrogen) atoms. The summed E-state index contributed by atoms with van der Waals surface area (Å²) in [5.41, 5.74) is 1.90. The third-order valence-corrected chi connectivity index (χ3v) is 4.57. The van der Waals surface area contributed by atoms with Gasteiger partial charge in [-0.15, -0.1) is 0 Å². The van der Waals surface area contributed by atoms with Gasteiger partial charge in [0.2, 0.25) is 0 Å². The van der Waals surface area contributed by atoms with Crippen LogP contribution in [-0.2, 0) is 0 Å². The zero-order valence-corrected chi connectivity index (χ0v) is 13.8. The first-order valence-corrected chi connectivity index (χ1v) is 8.07. The van der Waals surface area contributed by atoms with E-state index in [0.717, 1.165) is 29.5 Å². The highest BCUT2D eigenvalue weighted by molar-refractivity contribution is 6.00. The molecule has 0 fully saturated rings. The molecule has 0 aromatic heterocycles. The second-order valence-electron chi connectivity index (χ2n) is 6.78. The Kier molecular flexibility index (Phi) is 6.98. The first kappa shape index (κ1) is 16.9. The first-order chi connectivity index (χ1) is 9.43. The molecule has 0 bridgehead atoms. The minimum absolute atomic E-state index is 0.386. The van der Waals surface area contributed by atoms with E-state index >= 15 is 0 Å². The lowest BCUT2D eigenvalue weighted by molar-refractivity contribution is 0.355. The number of hydrogen-bond acceptors (Lipinski definition) is 1. The molecule has 0 spiro atoms. The van der Waals surface area contributed by atoms with Gasteiger partial charge in [-0.2, -0.15) is 0 Å². The maximum Gasteiger partial charge on any atom is 0.0419 e. The normalized spacial score (nSPS) is 14.6. The summed E-state index contributed by atoms with van der Waals surface area (Å²) in [6, 6.07) is 10.2. The maximum absolute atomic E-state index is 8.49. The molecule has 2 unspecified atom stereocenters. The molecule has 1 aromatic carbocycles. The number of nitrogens with one attached hydrogen (secondary N) is 1. The predicted molar refractivity (Wildman–Crippen MR) is 89.5 cm³/mol. The smallest absolute Gasteiger partial charge is 0.0419 e. The quantitative estimate of drug-likeness (QED) is 0.580. The van der Waals surface area contributed by atoms with Crippen molar-refractivity contribution in [3.63, 3.8) is 0 Å². The summed E-state index contributed by atoms with van der Waals surface area (Å²) >= 11 is 0. The molecule has 1 nitrogen and oxygen atoms in total. The van der Waals surface area contributed by atoms with Gasteiger partial charge in [-0.25, -0.2) is 0 Å². The van der Waals surface area contributed by atoms with E-state index in [9.17, 15) is 0 Å². The van der Waals surface area contributed by atoms with Crippen molar-refractivity contribution in [3.05, 3.63) is 35.9 Å². The van der Waals surface area contributed by atoms with Crippen LogP contribution in [0.5, 0.6) is 0 Å². The van der Waals surface area contributed by atoms with Crippen LogP contribution in [0.1, 0.15) is 59.4 Å². The van der Waals surface area contributed by atoms with Gasteiger partial charge in [0.05, 0.1) is 0 Å². The SMILES string of the molecule is CC(C)C(C)CCCC(C(=N)c1ccccc1)C(C)C. The molecule has 0 aliphatic carbocycles. The van der Waals surface area contributed by atoms with E-state index in [1.807, 2.05) is 18.2 Å². The molecule has 1 heteroatoms. The molecular formula is C19H31N. The van der Waals surface area contributed by atoms with E-state index in [4.69, 9.17) is 5.41 Å². The van der Waals surface area contributed by atoms with Crippen LogP contribution in [0.25, 0.3) is 0 Å². The molecule has 0 radical (unpaired) electrons. The molecule has 0 aliphatic rings.